The number of hydrogen-bond donors (Lipinski definition) is 1. The highest BCUT2D eigenvalue weighted by atomic mass is 35.5. The van der Waals surface area contributed by atoms with Gasteiger partial charge in [0.1, 0.15) is 11.5 Å². The molecule has 2 aromatic heterocycles. The molecule has 9 rings (SSSR count). The Bertz CT molecular complexity index is 2460. The molecule has 9 nitrogen and oxygen atoms in total. The number of rotatable bonds is 5. The quantitative estimate of drug-likeness (QED) is 0.147. The van der Waals surface area contributed by atoms with Crippen LogP contribution in [0, 0.1) is 41.8 Å². The third-order valence-electron chi connectivity index (χ3n) is 12.1. The van der Waals surface area contributed by atoms with Crippen LogP contribution in [-0.4, -0.2) is 43.4 Å². The van der Waals surface area contributed by atoms with E-state index >= 15 is 4.39 Å². The number of fused-ring (bicyclic) bond motifs is 5. The standard InChI is InChI=1S/C41H34ClFN4O5S/c1-20-26-16-23(42)10-14-32(26)53-36(20)30-18-33(45(3)44-30)47-38(50)28-17-27-24(35(41(28,2)40(47)52)22-9-13-31(48)29(43)15-22)11-12-25-34(27)39(51)46(37(25)49)19-21-7-5-4-6-8-21/h4-11,13-16,18,25,27-28,34-35,48H,12,17,19H2,1-3H3/t25-,27+,28-,34-,35-,41+/m0/s1. The SMILES string of the molecule is Cc1c(-c2cc(N3C(=O)[C@@H]4C[C@@H]5C(=CC[C@@H]6C(=O)N(Cc7ccccc7)C(=O)[C@@H]65)[C@H](c5ccc(O)c(F)c5)[C@]4(C)C3=O)n(C)n2)sc2ccc(Cl)cc12. The topological polar surface area (TPSA) is 113 Å². The van der Waals surface area contributed by atoms with E-state index in [-0.39, 0.29) is 31.2 Å². The molecule has 4 aliphatic rings. The van der Waals surface area contributed by atoms with Gasteiger partial charge in [0.05, 0.1) is 34.6 Å². The second-order valence-electron chi connectivity index (χ2n) is 14.8. The summed E-state index contributed by atoms with van der Waals surface area (Å²) in [5.74, 6) is -6.13. The van der Waals surface area contributed by atoms with Crippen LogP contribution in [0.15, 0.2) is 84.4 Å². The van der Waals surface area contributed by atoms with Gasteiger partial charge in [0.25, 0.3) is 0 Å². The Morgan fingerprint density at radius 3 is 2.51 bits per heavy atom. The summed E-state index contributed by atoms with van der Waals surface area (Å²) < 4.78 is 17.7. The predicted molar refractivity (Wildman–Crippen MR) is 198 cm³/mol. The van der Waals surface area contributed by atoms with Crippen molar-refractivity contribution in [3.8, 4) is 16.3 Å². The maximum atomic E-state index is 15.1. The van der Waals surface area contributed by atoms with Crippen LogP contribution in [0.5, 0.6) is 5.75 Å². The van der Waals surface area contributed by atoms with Crippen LogP contribution < -0.4 is 4.90 Å². The third-order valence-corrected chi connectivity index (χ3v) is 13.6. The number of carbonyl (C=O) groups excluding carboxylic acids is 4. The largest absolute Gasteiger partial charge is 0.505 e. The first-order valence-corrected chi connectivity index (χ1v) is 18.8. The van der Waals surface area contributed by atoms with Gasteiger partial charge in [-0.15, -0.1) is 11.3 Å². The number of benzene rings is 3. The van der Waals surface area contributed by atoms with E-state index < -0.39 is 58.4 Å². The Kier molecular flexibility index (Phi) is 7.59. The highest BCUT2D eigenvalue weighted by Crippen LogP contribution is 2.64. The molecule has 2 aliphatic carbocycles. The van der Waals surface area contributed by atoms with Crippen molar-refractivity contribution < 1.29 is 28.7 Å². The van der Waals surface area contributed by atoms with Gasteiger partial charge in [-0.25, -0.2) is 9.29 Å². The van der Waals surface area contributed by atoms with Gasteiger partial charge in [-0.05, 0) is 85.0 Å². The van der Waals surface area contributed by atoms with Crippen molar-refractivity contribution in [1.82, 2.24) is 14.7 Å². The first-order valence-electron chi connectivity index (χ1n) is 17.6. The Labute approximate surface area is 313 Å². The fourth-order valence-corrected chi connectivity index (χ4v) is 10.8. The lowest BCUT2D eigenvalue weighted by Gasteiger charge is -2.49. The molecule has 4 heterocycles. The first kappa shape index (κ1) is 33.7. The molecular formula is C41H34ClFN4O5S. The Balaban J connectivity index is 1.14. The fraction of sp³-hybridized carbons (Fsp3) is 0.293. The minimum absolute atomic E-state index is 0.141. The molecule has 2 saturated heterocycles. The molecule has 0 spiro atoms. The molecule has 1 N–H and O–H groups in total. The van der Waals surface area contributed by atoms with Crippen molar-refractivity contribution in [1.29, 1.82) is 0 Å². The molecule has 0 unspecified atom stereocenters. The lowest BCUT2D eigenvalue weighted by molar-refractivity contribution is -0.141. The molecule has 0 radical (unpaired) electrons. The van der Waals surface area contributed by atoms with Crippen LogP contribution in [0.2, 0.25) is 5.02 Å². The number of imide groups is 2. The molecule has 268 valence electrons. The zero-order chi connectivity index (χ0) is 37.1. The Morgan fingerprint density at radius 1 is 0.981 bits per heavy atom. The number of likely N-dealkylation sites (tertiary alicyclic amines) is 1. The summed E-state index contributed by atoms with van der Waals surface area (Å²) in [5.41, 5.74) is 2.18. The number of allylic oxidation sites excluding steroid dienone is 2. The number of carbonyl (C=O) groups is 4. The molecule has 3 fully saturated rings. The maximum Gasteiger partial charge on any atom is 0.242 e. The molecule has 2 aliphatic heterocycles. The second-order valence-corrected chi connectivity index (χ2v) is 16.3. The number of hydrogen-bond acceptors (Lipinski definition) is 7. The molecule has 0 bridgehead atoms. The third kappa shape index (κ3) is 4.82. The summed E-state index contributed by atoms with van der Waals surface area (Å²) in [6.07, 6.45) is 2.38. The predicted octanol–water partition coefficient (Wildman–Crippen LogP) is 7.54. The fourth-order valence-electron chi connectivity index (χ4n) is 9.52. The average Bonchev–Trinajstić information content (AvgIpc) is 3.81. The van der Waals surface area contributed by atoms with E-state index in [2.05, 4.69) is 0 Å². The van der Waals surface area contributed by atoms with Crippen LogP contribution in [0.3, 0.4) is 0 Å². The highest BCUT2D eigenvalue weighted by molar-refractivity contribution is 7.22. The van der Waals surface area contributed by atoms with Gasteiger partial charge in [-0.1, -0.05) is 59.6 Å². The molecule has 5 aromatic rings. The molecule has 6 atom stereocenters. The van der Waals surface area contributed by atoms with Crippen LogP contribution in [-0.2, 0) is 32.8 Å². The molecule has 53 heavy (non-hydrogen) atoms. The zero-order valence-electron chi connectivity index (χ0n) is 29.0. The summed E-state index contributed by atoms with van der Waals surface area (Å²) in [7, 11) is 1.69. The van der Waals surface area contributed by atoms with Crippen molar-refractivity contribution in [2.45, 2.75) is 39.2 Å². The van der Waals surface area contributed by atoms with E-state index in [1.165, 1.54) is 26.6 Å². The number of aryl methyl sites for hydroxylation is 2. The summed E-state index contributed by atoms with van der Waals surface area (Å²) in [6, 6.07) is 20.8. The normalized spacial score (nSPS) is 26.7. The Hall–Kier alpha value is -5.13. The van der Waals surface area contributed by atoms with Gasteiger partial charge < -0.3 is 5.11 Å². The number of nitrogens with zero attached hydrogens (tertiary/aromatic N) is 4. The van der Waals surface area contributed by atoms with Crippen molar-refractivity contribution in [2.24, 2.45) is 36.1 Å². The lowest BCUT2D eigenvalue weighted by atomic mass is 9.51. The number of phenolic OH excluding ortho intramolecular Hbond substituents is 1. The van der Waals surface area contributed by atoms with Gasteiger partial charge >= 0.3 is 0 Å². The van der Waals surface area contributed by atoms with Gasteiger partial charge in [0.15, 0.2) is 11.6 Å². The van der Waals surface area contributed by atoms with E-state index in [4.69, 9.17) is 16.7 Å². The number of phenols is 1. The van der Waals surface area contributed by atoms with Gasteiger partial charge in [-0.2, -0.15) is 5.10 Å². The molecule has 3 aromatic carbocycles. The van der Waals surface area contributed by atoms with E-state index in [9.17, 15) is 24.3 Å². The van der Waals surface area contributed by atoms with Gasteiger partial charge in [0, 0.05) is 28.8 Å². The van der Waals surface area contributed by atoms with Crippen LogP contribution in [0.4, 0.5) is 10.2 Å². The van der Waals surface area contributed by atoms with E-state index in [0.29, 0.717) is 22.1 Å². The van der Waals surface area contributed by atoms with Crippen LogP contribution >= 0.6 is 22.9 Å². The monoisotopic (exact) mass is 748 g/mol. The number of halogens is 2. The van der Waals surface area contributed by atoms with Crippen molar-refractivity contribution >= 4 is 62.5 Å². The number of thiophene rings is 1. The summed E-state index contributed by atoms with van der Waals surface area (Å²) in [6.45, 7) is 3.87. The summed E-state index contributed by atoms with van der Waals surface area (Å²) >= 11 is 7.84. The van der Waals surface area contributed by atoms with E-state index in [1.54, 1.807) is 37.4 Å². The minimum atomic E-state index is -1.38. The van der Waals surface area contributed by atoms with E-state index in [0.717, 1.165) is 31.7 Å². The zero-order valence-corrected chi connectivity index (χ0v) is 30.6. The van der Waals surface area contributed by atoms with E-state index in [1.807, 2.05) is 61.5 Å². The van der Waals surface area contributed by atoms with Crippen molar-refractivity contribution in [2.75, 3.05) is 4.90 Å². The summed E-state index contributed by atoms with van der Waals surface area (Å²) in [4.78, 5) is 61.2. The summed E-state index contributed by atoms with van der Waals surface area (Å²) in [5, 5.41) is 16.5. The molecule has 4 amide bonds. The number of anilines is 1. The smallest absolute Gasteiger partial charge is 0.242 e. The molecule has 1 saturated carbocycles. The Morgan fingerprint density at radius 2 is 1.75 bits per heavy atom. The first-order chi connectivity index (χ1) is 25.4. The van der Waals surface area contributed by atoms with Crippen molar-refractivity contribution in [3.05, 3.63) is 112 Å². The average molecular weight is 749 g/mol. The second kappa shape index (κ2) is 11.9. The highest BCUT2D eigenvalue weighted by Gasteiger charge is 2.68. The number of aromatic hydroxyl groups is 1. The molecule has 12 heteroatoms. The lowest BCUT2D eigenvalue weighted by Crippen LogP contribution is -2.48. The van der Waals surface area contributed by atoms with Crippen molar-refractivity contribution in [3.63, 3.8) is 0 Å². The van der Waals surface area contributed by atoms with Crippen LogP contribution in [0.1, 0.15) is 42.4 Å². The molecular weight excluding hydrogens is 715 g/mol. The van der Waals surface area contributed by atoms with Gasteiger partial charge in [-0.3, -0.25) is 28.8 Å². The van der Waals surface area contributed by atoms with Gasteiger partial charge in [0.2, 0.25) is 23.6 Å². The number of amides is 4. The number of aromatic nitrogens is 2. The van der Waals surface area contributed by atoms with Crippen LogP contribution in [0.25, 0.3) is 20.7 Å². The minimum Gasteiger partial charge on any atom is -0.505 e. The maximum absolute atomic E-state index is 15.1.